The Morgan fingerprint density at radius 1 is 1.10 bits per heavy atom. The zero-order valence-electron chi connectivity index (χ0n) is 17.3. The second-order valence-electron chi connectivity index (χ2n) is 7.20. The molecule has 30 heavy (non-hydrogen) atoms. The van der Waals surface area contributed by atoms with Crippen LogP contribution in [0.25, 0.3) is 12.2 Å². The normalized spacial score (nSPS) is 11.2. The zero-order chi connectivity index (χ0) is 21.5. The van der Waals surface area contributed by atoms with E-state index in [0.717, 1.165) is 21.8 Å². The monoisotopic (exact) mass is 419 g/mol. The smallest absolute Gasteiger partial charge is 0.337 e. The number of hydrogen-bond acceptors (Lipinski definition) is 4. The van der Waals surface area contributed by atoms with Crippen molar-refractivity contribution < 1.29 is 14.6 Å². The van der Waals surface area contributed by atoms with Gasteiger partial charge in [-0.25, -0.2) is 4.79 Å². The number of hydrogen-bond donors (Lipinski definition) is 1. The number of aromatic nitrogens is 1. The molecule has 2 aromatic carbocycles. The van der Waals surface area contributed by atoms with Gasteiger partial charge in [0.05, 0.1) is 11.3 Å². The minimum absolute atomic E-state index is 0.170. The number of nitrogens with zero attached hydrogens (tertiary/aromatic N) is 1. The number of carbonyl (C=O) groups is 1. The molecule has 1 heterocycles. The molecule has 0 aliphatic rings. The summed E-state index contributed by atoms with van der Waals surface area (Å²) in [5.74, 6) is 0.316. The summed E-state index contributed by atoms with van der Waals surface area (Å²) in [6.45, 7) is 4.85. The number of carboxylic acids is 1. The number of benzene rings is 2. The second kappa shape index (κ2) is 10.1. The second-order valence-corrected chi connectivity index (χ2v) is 8.08. The number of aromatic carboxylic acids is 1. The lowest BCUT2D eigenvalue weighted by atomic mass is 10.0. The average Bonchev–Trinajstić information content (AvgIpc) is 2.77. The molecule has 0 unspecified atom stereocenters. The summed E-state index contributed by atoms with van der Waals surface area (Å²) in [4.78, 5) is 16.3. The minimum Gasteiger partial charge on any atom is -0.488 e. The van der Waals surface area contributed by atoms with Crippen LogP contribution >= 0.6 is 11.8 Å². The SMILES string of the molecule is CSc1ccc(OCc2ccc(C(C)C)cc2)c(C=Cc2ccc(C(=O)O)cn2)c1. The number of pyridine rings is 1. The summed E-state index contributed by atoms with van der Waals surface area (Å²) in [7, 11) is 0. The van der Waals surface area contributed by atoms with Crippen molar-refractivity contribution in [3.8, 4) is 5.75 Å². The highest BCUT2D eigenvalue weighted by molar-refractivity contribution is 7.98. The van der Waals surface area contributed by atoms with Crippen molar-refractivity contribution in [3.63, 3.8) is 0 Å². The summed E-state index contributed by atoms with van der Waals surface area (Å²) in [6, 6.07) is 17.8. The summed E-state index contributed by atoms with van der Waals surface area (Å²) < 4.78 is 6.10. The van der Waals surface area contributed by atoms with Gasteiger partial charge in [-0.05, 0) is 65.8 Å². The van der Waals surface area contributed by atoms with Gasteiger partial charge in [0.2, 0.25) is 0 Å². The molecular formula is C25H25NO3S. The number of carboxylic acid groups (broad SMARTS) is 1. The molecule has 1 aromatic heterocycles. The third-order valence-corrected chi connectivity index (χ3v) is 5.45. The summed E-state index contributed by atoms with van der Waals surface area (Å²) in [6.07, 6.45) is 7.19. The first-order valence-corrected chi connectivity index (χ1v) is 11.0. The molecule has 5 heteroatoms. The molecule has 0 amide bonds. The number of rotatable bonds is 8. The molecule has 0 bridgehead atoms. The van der Waals surface area contributed by atoms with Gasteiger partial charge >= 0.3 is 5.97 Å². The van der Waals surface area contributed by atoms with Gasteiger partial charge in [-0.3, -0.25) is 4.98 Å². The van der Waals surface area contributed by atoms with E-state index in [1.54, 1.807) is 23.9 Å². The van der Waals surface area contributed by atoms with E-state index >= 15 is 0 Å². The van der Waals surface area contributed by atoms with E-state index in [9.17, 15) is 4.79 Å². The van der Waals surface area contributed by atoms with Gasteiger partial charge in [-0.1, -0.05) is 38.1 Å². The van der Waals surface area contributed by atoms with Crippen LogP contribution in [-0.4, -0.2) is 22.3 Å². The van der Waals surface area contributed by atoms with Crippen LogP contribution in [0.1, 0.15) is 52.5 Å². The maximum atomic E-state index is 11.0. The van der Waals surface area contributed by atoms with Crippen molar-refractivity contribution in [1.82, 2.24) is 4.98 Å². The fourth-order valence-electron chi connectivity index (χ4n) is 2.88. The number of ether oxygens (including phenoxy) is 1. The molecule has 154 valence electrons. The Bertz CT molecular complexity index is 1030. The average molecular weight is 420 g/mol. The van der Waals surface area contributed by atoms with Gasteiger partial charge in [-0.15, -0.1) is 11.8 Å². The molecule has 0 fully saturated rings. The molecule has 4 nitrogen and oxygen atoms in total. The first-order valence-electron chi connectivity index (χ1n) is 9.73. The predicted molar refractivity (Wildman–Crippen MR) is 123 cm³/mol. The van der Waals surface area contributed by atoms with Crippen LogP contribution in [0.2, 0.25) is 0 Å². The molecule has 3 rings (SSSR count). The lowest BCUT2D eigenvalue weighted by molar-refractivity contribution is 0.0696. The van der Waals surface area contributed by atoms with Crippen molar-refractivity contribution in [1.29, 1.82) is 0 Å². The Balaban J connectivity index is 1.77. The van der Waals surface area contributed by atoms with E-state index < -0.39 is 5.97 Å². The van der Waals surface area contributed by atoms with Crippen molar-refractivity contribution in [2.75, 3.05) is 6.26 Å². The van der Waals surface area contributed by atoms with Crippen LogP contribution in [0.3, 0.4) is 0 Å². The summed E-state index contributed by atoms with van der Waals surface area (Å²) in [5.41, 5.74) is 4.24. The molecule has 0 aliphatic carbocycles. The minimum atomic E-state index is -0.984. The third kappa shape index (κ3) is 5.74. The molecule has 0 spiro atoms. The van der Waals surface area contributed by atoms with Crippen LogP contribution in [0.15, 0.2) is 65.7 Å². The van der Waals surface area contributed by atoms with Gasteiger partial charge in [0, 0.05) is 16.7 Å². The molecule has 0 aliphatic heterocycles. The van der Waals surface area contributed by atoms with Gasteiger partial charge in [0.15, 0.2) is 0 Å². The fourth-order valence-corrected chi connectivity index (χ4v) is 3.33. The first-order chi connectivity index (χ1) is 14.5. The van der Waals surface area contributed by atoms with E-state index in [0.29, 0.717) is 18.2 Å². The third-order valence-electron chi connectivity index (χ3n) is 4.72. The lowest BCUT2D eigenvalue weighted by Crippen LogP contribution is -1.98. The van der Waals surface area contributed by atoms with Crippen LogP contribution < -0.4 is 4.74 Å². The maximum absolute atomic E-state index is 11.0. The molecular weight excluding hydrogens is 394 g/mol. The first kappa shape index (κ1) is 21.7. The zero-order valence-corrected chi connectivity index (χ0v) is 18.1. The van der Waals surface area contributed by atoms with E-state index in [1.807, 2.05) is 30.5 Å². The van der Waals surface area contributed by atoms with E-state index in [4.69, 9.17) is 9.84 Å². The Morgan fingerprint density at radius 2 is 1.87 bits per heavy atom. The Labute approximate surface area is 181 Å². The van der Waals surface area contributed by atoms with Crippen LogP contribution in [0.5, 0.6) is 5.75 Å². The lowest BCUT2D eigenvalue weighted by Gasteiger charge is -2.12. The molecule has 0 saturated carbocycles. The van der Waals surface area contributed by atoms with Crippen molar-refractivity contribution in [2.24, 2.45) is 0 Å². The highest BCUT2D eigenvalue weighted by Crippen LogP contribution is 2.27. The highest BCUT2D eigenvalue weighted by Gasteiger charge is 2.06. The summed E-state index contributed by atoms with van der Waals surface area (Å²) >= 11 is 1.67. The molecule has 1 N–H and O–H groups in total. The van der Waals surface area contributed by atoms with Gasteiger partial charge in [0.1, 0.15) is 12.4 Å². The fraction of sp³-hybridized carbons (Fsp3) is 0.200. The largest absolute Gasteiger partial charge is 0.488 e. The topological polar surface area (TPSA) is 59.4 Å². The molecule has 0 atom stereocenters. The molecule has 3 aromatic rings. The van der Waals surface area contributed by atoms with Crippen molar-refractivity contribution in [3.05, 3.63) is 88.7 Å². The summed E-state index contributed by atoms with van der Waals surface area (Å²) in [5, 5.41) is 9.00. The quantitative estimate of drug-likeness (QED) is 0.430. The molecule has 0 radical (unpaired) electrons. The van der Waals surface area contributed by atoms with Crippen LogP contribution in [-0.2, 0) is 6.61 Å². The Morgan fingerprint density at radius 3 is 2.47 bits per heavy atom. The maximum Gasteiger partial charge on any atom is 0.337 e. The van der Waals surface area contributed by atoms with E-state index in [-0.39, 0.29) is 5.56 Å². The Hall–Kier alpha value is -3.05. The highest BCUT2D eigenvalue weighted by atomic mass is 32.2. The van der Waals surface area contributed by atoms with Gasteiger partial charge in [0.25, 0.3) is 0 Å². The van der Waals surface area contributed by atoms with Crippen molar-refractivity contribution >= 4 is 29.9 Å². The predicted octanol–water partition coefficient (Wildman–Crippen LogP) is 6.37. The van der Waals surface area contributed by atoms with Crippen LogP contribution in [0.4, 0.5) is 0 Å². The van der Waals surface area contributed by atoms with Crippen molar-refractivity contribution in [2.45, 2.75) is 31.3 Å². The number of thioether (sulfide) groups is 1. The van der Waals surface area contributed by atoms with Crippen LogP contribution in [0, 0.1) is 0 Å². The van der Waals surface area contributed by atoms with E-state index in [1.165, 1.54) is 11.8 Å². The van der Waals surface area contributed by atoms with Gasteiger partial charge < -0.3 is 9.84 Å². The van der Waals surface area contributed by atoms with E-state index in [2.05, 4.69) is 49.2 Å². The standard InChI is InChI=1S/C25H25NO3S/c1-17(2)19-6-4-18(5-7-19)16-29-24-13-12-23(30-3)14-20(24)8-10-22-11-9-21(15-26-22)25(27)28/h4-15,17H,16H2,1-3H3,(H,27,28). The molecule has 0 saturated heterocycles. The van der Waals surface area contributed by atoms with Gasteiger partial charge in [-0.2, -0.15) is 0 Å². The Kier molecular flexibility index (Phi) is 7.31.